The molecule has 2 rings (SSSR count). The summed E-state index contributed by atoms with van der Waals surface area (Å²) in [5.41, 5.74) is 6.17. The van der Waals surface area contributed by atoms with Crippen LogP contribution in [0, 0.1) is 5.82 Å². The average molecular weight is 341 g/mol. The second-order valence-corrected chi connectivity index (χ2v) is 4.98. The van der Waals surface area contributed by atoms with Gasteiger partial charge in [0.15, 0.2) is 11.6 Å². The minimum absolute atomic E-state index is 0.0897. The summed E-state index contributed by atoms with van der Waals surface area (Å²) in [5.74, 6) is 0.134. The van der Waals surface area contributed by atoms with E-state index in [0.717, 1.165) is 6.42 Å². The Morgan fingerprint density at radius 3 is 2.80 bits per heavy atom. The molecular formula is C14H14BrFN2O2. The van der Waals surface area contributed by atoms with Crippen molar-refractivity contribution in [3.8, 4) is 17.5 Å². The Morgan fingerprint density at radius 2 is 2.10 bits per heavy atom. The number of pyridine rings is 1. The van der Waals surface area contributed by atoms with Crippen LogP contribution in [-0.2, 0) is 0 Å². The maximum absolute atomic E-state index is 13.7. The molecule has 2 aromatic rings. The highest BCUT2D eigenvalue weighted by Gasteiger charge is 2.09. The summed E-state index contributed by atoms with van der Waals surface area (Å²) >= 11 is 3.18. The van der Waals surface area contributed by atoms with Crippen LogP contribution in [0.4, 0.5) is 10.1 Å². The Bertz CT molecular complexity index is 608. The third-order valence-corrected chi connectivity index (χ3v) is 2.91. The summed E-state index contributed by atoms with van der Waals surface area (Å²) in [7, 11) is 0. The first-order chi connectivity index (χ1) is 9.60. The maximum atomic E-state index is 13.7. The van der Waals surface area contributed by atoms with Crippen LogP contribution in [0.15, 0.2) is 34.8 Å². The largest absolute Gasteiger partial charge is 0.476 e. The zero-order valence-electron chi connectivity index (χ0n) is 10.9. The Labute approximate surface area is 124 Å². The number of rotatable bonds is 5. The summed E-state index contributed by atoms with van der Waals surface area (Å²) in [6, 6.07) is 7.70. The molecule has 0 fully saturated rings. The lowest BCUT2D eigenvalue weighted by molar-refractivity contribution is 0.302. The number of hydrogen-bond acceptors (Lipinski definition) is 4. The number of anilines is 1. The van der Waals surface area contributed by atoms with Gasteiger partial charge in [-0.3, -0.25) is 0 Å². The highest BCUT2D eigenvalue weighted by molar-refractivity contribution is 9.10. The first kappa shape index (κ1) is 14.6. The number of nitrogens with two attached hydrogens (primary N) is 1. The lowest BCUT2D eigenvalue weighted by atomic mass is 10.3. The minimum Gasteiger partial charge on any atom is -0.476 e. The van der Waals surface area contributed by atoms with Crippen molar-refractivity contribution >= 4 is 21.6 Å². The highest BCUT2D eigenvalue weighted by Crippen LogP contribution is 2.28. The van der Waals surface area contributed by atoms with E-state index in [1.165, 1.54) is 12.1 Å². The van der Waals surface area contributed by atoms with E-state index in [2.05, 4.69) is 20.9 Å². The molecule has 0 aliphatic heterocycles. The maximum Gasteiger partial charge on any atom is 0.240 e. The average Bonchev–Trinajstić information content (AvgIpc) is 2.42. The first-order valence-electron chi connectivity index (χ1n) is 6.12. The van der Waals surface area contributed by atoms with Gasteiger partial charge in [0.05, 0.1) is 12.3 Å². The number of nitrogens with zero attached hydrogens (tertiary/aromatic N) is 1. The van der Waals surface area contributed by atoms with Crippen molar-refractivity contribution in [3.05, 3.63) is 40.6 Å². The predicted molar refractivity (Wildman–Crippen MR) is 78.6 cm³/mol. The van der Waals surface area contributed by atoms with Gasteiger partial charge in [-0.2, -0.15) is 4.98 Å². The smallest absolute Gasteiger partial charge is 0.240 e. The van der Waals surface area contributed by atoms with Crippen LogP contribution >= 0.6 is 15.9 Å². The van der Waals surface area contributed by atoms with Crippen molar-refractivity contribution in [3.63, 3.8) is 0 Å². The number of benzene rings is 1. The van der Waals surface area contributed by atoms with Crippen LogP contribution < -0.4 is 15.2 Å². The van der Waals surface area contributed by atoms with Gasteiger partial charge in [-0.25, -0.2) is 4.39 Å². The number of ether oxygens (including phenoxy) is 2. The highest BCUT2D eigenvalue weighted by atomic mass is 79.9. The van der Waals surface area contributed by atoms with Gasteiger partial charge in [0, 0.05) is 10.5 Å². The van der Waals surface area contributed by atoms with Crippen molar-refractivity contribution in [2.24, 2.45) is 0 Å². The molecule has 0 unspecified atom stereocenters. The molecule has 1 heterocycles. The van der Waals surface area contributed by atoms with E-state index in [1.54, 1.807) is 18.2 Å². The van der Waals surface area contributed by atoms with Crippen LogP contribution in [0.1, 0.15) is 13.3 Å². The quantitative estimate of drug-likeness (QED) is 0.888. The predicted octanol–water partition coefficient (Wildman–Crippen LogP) is 4.15. The molecule has 0 aliphatic rings. The minimum atomic E-state index is -0.478. The summed E-state index contributed by atoms with van der Waals surface area (Å²) in [4.78, 5) is 4.12. The molecule has 0 aliphatic carbocycles. The van der Waals surface area contributed by atoms with E-state index in [4.69, 9.17) is 15.2 Å². The normalized spacial score (nSPS) is 10.3. The van der Waals surface area contributed by atoms with Crippen LogP contribution in [0.2, 0.25) is 0 Å². The van der Waals surface area contributed by atoms with Crippen molar-refractivity contribution in [2.45, 2.75) is 13.3 Å². The number of nitrogen functional groups attached to an aromatic ring is 1. The van der Waals surface area contributed by atoms with Crippen LogP contribution in [0.3, 0.4) is 0 Å². The summed E-state index contributed by atoms with van der Waals surface area (Å²) in [6.07, 6.45) is 0.841. The van der Waals surface area contributed by atoms with Crippen molar-refractivity contribution in [1.82, 2.24) is 4.98 Å². The second kappa shape index (κ2) is 6.56. The van der Waals surface area contributed by atoms with Crippen molar-refractivity contribution in [2.75, 3.05) is 12.3 Å². The molecule has 2 N–H and O–H groups in total. The van der Waals surface area contributed by atoms with Crippen LogP contribution in [-0.4, -0.2) is 11.6 Å². The van der Waals surface area contributed by atoms with E-state index < -0.39 is 5.82 Å². The molecule has 6 heteroatoms. The Balaban J connectivity index is 2.20. The van der Waals surface area contributed by atoms with Gasteiger partial charge in [0.1, 0.15) is 0 Å². The standard InChI is InChI=1S/C14H14BrFN2O2/c1-2-7-19-14-11(17)4-6-13(18-14)20-12-5-3-9(15)8-10(12)16/h3-6,8H,2,7,17H2,1H3. The van der Waals surface area contributed by atoms with Gasteiger partial charge in [-0.05, 0) is 30.7 Å². The molecule has 20 heavy (non-hydrogen) atoms. The molecule has 106 valence electrons. The molecule has 0 atom stereocenters. The second-order valence-electron chi connectivity index (χ2n) is 4.07. The van der Waals surface area contributed by atoms with Gasteiger partial charge < -0.3 is 15.2 Å². The van der Waals surface area contributed by atoms with Crippen molar-refractivity contribution in [1.29, 1.82) is 0 Å². The van der Waals surface area contributed by atoms with Crippen LogP contribution in [0.5, 0.6) is 17.5 Å². The molecule has 0 saturated heterocycles. The lowest BCUT2D eigenvalue weighted by Crippen LogP contribution is -2.02. The van der Waals surface area contributed by atoms with E-state index in [1.807, 2.05) is 6.92 Å². The molecule has 1 aromatic carbocycles. The fourth-order valence-corrected chi connectivity index (χ4v) is 1.81. The van der Waals surface area contributed by atoms with Gasteiger partial charge in [-0.15, -0.1) is 0 Å². The Hall–Kier alpha value is -1.82. The molecule has 0 saturated carbocycles. The lowest BCUT2D eigenvalue weighted by Gasteiger charge is -2.10. The summed E-state index contributed by atoms with van der Waals surface area (Å²) in [6.45, 7) is 2.49. The zero-order chi connectivity index (χ0) is 14.5. The number of halogens is 2. The zero-order valence-corrected chi connectivity index (χ0v) is 12.5. The molecule has 0 radical (unpaired) electrons. The van der Waals surface area contributed by atoms with Gasteiger partial charge in [0.2, 0.25) is 11.8 Å². The summed E-state index contributed by atoms with van der Waals surface area (Å²) < 4.78 is 25.1. The molecule has 1 aromatic heterocycles. The molecule has 0 bridgehead atoms. The van der Waals surface area contributed by atoms with E-state index in [-0.39, 0.29) is 11.6 Å². The van der Waals surface area contributed by atoms with E-state index in [0.29, 0.717) is 22.6 Å². The van der Waals surface area contributed by atoms with Gasteiger partial charge >= 0.3 is 0 Å². The monoisotopic (exact) mass is 340 g/mol. The van der Waals surface area contributed by atoms with Gasteiger partial charge in [0.25, 0.3) is 0 Å². The van der Waals surface area contributed by atoms with Crippen LogP contribution in [0.25, 0.3) is 0 Å². The molecular weight excluding hydrogens is 327 g/mol. The molecule has 0 spiro atoms. The van der Waals surface area contributed by atoms with E-state index >= 15 is 0 Å². The fraction of sp³-hybridized carbons (Fsp3) is 0.214. The molecule has 0 amide bonds. The fourth-order valence-electron chi connectivity index (χ4n) is 1.48. The van der Waals surface area contributed by atoms with E-state index in [9.17, 15) is 4.39 Å². The Morgan fingerprint density at radius 1 is 1.30 bits per heavy atom. The summed E-state index contributed by atoms with van der Waals surface area (Å²) in [5, 5.41) is 0. The first-order valence-corrected chi connectivity index (χ1v) is 6.91. The SMILES string of the molecule is CCCOc1nc(Oc2ccc(Br)cc2F)ccc1N. The third kappa shape index (κ3) is 3.60. The van der Waals surface area contributed by atoms with Crippen molar-refractivity contribution < 1.29 is 13.9 Å². The number of aromatic nitrogens is 1. The topological polar surface area (TPSA) is 57.4 Å². The Kier molecular flexibility index (Phi) is 4.79. The van der Waals surface area contributed by atoms with Gasteiger partial charge in [-0.1, -0.05) is 22.9 Å². The molecule has 4 nitrogen and oxygen atoms in total. The third-order valence-electron chi connectivity index (χ3n) is 2.42. The number of hydrogen-bond donors (Lipinski definition) is 1.